The summed E-state index contributed by atoms with van der Waals surface area (Å²) in [5.74, 6) is 0.311. The van der Waals surface area contributed by atoms with Gasteiger partial charge < -0.3 is 12.3 Å². The monoisotopic (exact) mass is 461 g/mol. The van der Waals surface area contributed by atoms with E-state index < -0.39 is 0 Å². The molecule has 4 rings (SSSR count). The quantitative estimate of drug-likeness (QED) is 0.187. The molecule has 0 N–H and O–H groups in total. The van der Waals surface area contributed by atoms with Crippen LogP contribution < -0.4 is 4.89 Å². The van der Waals surface area contributed by atoms with Gasteiger partial charge in [-0.1, -0.05) is 42.5 Å². The van der Waals surface area contributed by atoms with E-state index in [4.69, 9.17) is 9.78 Å². The Morgan fingerprint density at radius 2 is 1.66 bits per heavy atom. The van der Waals surface area contributed by atoms with Gasteiger partial charge in [-0.25, -0.2) is 4.39 Å². The van der Waals surface area contributed by atoms with Gasteiger partial charge in [0.15, 0.2) is 5.75 Å². The van der Waals surface area contributed by atoms with Crippen LogP contribution in [0, 0.1) is 26.2 Å². The third-order valence-electron chi connectivity index (χ3n) is 4.62. The van der Waals surface area contributed by atoms with Crippen molar-refractivity contribution in [2.24, 2.45) is 0 Å². The predicted octanol–water partition coefficient (Wildman–Crippen LogP) is 6.71. The Morgan fingerprint density at radius 1 is 0.897 bits per heavy atom. The molecule has 0 aromatic heterocycles. The summed E-state index contributed by atoms with van der Waals surface area (Å²) in [6, 6.07) is 27.4. The van der Waals surface area contributed by atoms with Crippen LogP contribution in [0.2, 0.25) is 0 Å². The van der Waals surface area contributed by atoms with Crippen LogP contribution in [0.3, 0.4) is 0 Å². The molecule has 29 heavy (non-hydrogen) atoms. The molecule has 0 saturated heterocycles. The van der Waals surface area contributed by atoms with Crippen LogP contribution in [-0.4, -0.2) is 0 Å². The SMILES string of the molecule is Cc1c(OOCc2ccc(-c3cc[c-]cc3)cc2F)ccc2ccccc12.[CH3-].[Y]. The second kappa shape index (κ2) is 10.6. The molecule has 1 radical (unpaired) electrons. The van der Waals surface area contributed by atoms with Gasteiger partial charge >= 0.3 is 0 Å². The van der Waals surface area contributed by atoms with Crippen molar-refractivity contribution in [2.75, 3.05) is 0 Å². The molecule has 0 aliphatic heterocycles. The fraction of sp³-hybridized carbons (Fsp3) is 0.0800. The summed E-state index contributed by atoms with van der Waals surface area (Å²) in [7, 11) is 0. The molecule has 0 unspecified atom stereocenters. The van der Waals surface area contributed by atoms with Crippen LogP contribution in [-0.2, 0) is 44.2 Å². The average molecular weight is 461 g/mol. The number of aryl methyl sites for hydroxylation is 1. The van der Waals surface area contributed by atoms with Gasteiger partial charge in [0.05, 0.1) is 0 Å². The van der Waals surface area contributed by atoms with Crippen molar-refractivity contribution in [2.45, 2.75) is 13.5 Å². The van der Waals surface area contributed by atoms with Crippen molar-refractivity contribution in [3.8, 4) is 16.9 Å². The van der Waals surface area contributed by atoms with E-state index in [2.05, 4.69) is 12.1 Å². The van der Waals surface area contributed by atoms with Gasteiger partial charge in [-0.15, -0.1) is 5.56 Å². The zero-order valence-electron chi connectivity index (χ0n) is 16.5. The van der Waals surface area contributed by atoms with Crippen LogP contribution in [0.5, 0.6) is 5.75 Å². The Morgan fingerprint density at radius 3 is 2.41 bits per heavy atom. The van der Waals surface area contributed by atoms with E-state index >= 15 is 0 Å². The molecule has 4 heteroatoms. The largest absolute Gasteiger partial charge is 0.358 e. The van der Waals surface area contributed by atoms with Gasteiger partial charge in [-0.2, -0.15) is 35.2 Å². The summed E-state index contributed by atoms with van der Waals surface area (Å²) < 4.78 is 14.4. The van der Waals surface area contributed by atoms with Gasteiger partial charge in [-0.3, -0.25) is 0 Å². The third kappa shape index (κ3) is 5.30. The number of halogens is 1. The van der Waals surface area contributed by atoms with Gasteiger partial charge in [0.2, 0.25) is 0 Å². The standard InChI is InChI=1S/C24H18FO2.CH3.Y/c1-17-22-10-6-5-9-19(22)13-14-24(17)27-26-16-21-12-11-20(15-23(21)25)18-7-3-2-4-8-18;;/h3-15H,16H2,1H3;1H3;/q2*-1;. The summed E-state index contributed by atoms with van der Waals surface area (Å²) in [4.78, 5) is 10.8. The first kappa shape index (κ1) is 23.2. The molecule has 0 spiro atoms. The molecule has 0 aliphatic rings. The second-order valence-corrected chi connectivity index (χ2v) is 6.35. The van der Waals surface area contributed by atoms with Gasteiger partial charge in [0.25, 0.3) is 0 Å². The summed E-state index contributed by atoms with van der Waals surface area (Å²) in [5.41, 5.74) is 3.20. The molecule has 2 nitrogen and oxygen atoms in total. The van der Waals surface area contributed by atoms with E-state index in [0.717, 1.165) is 27.5 Å². The van der Waals surface area contributed by atoms with Crippen molar-refractivity contribution in [3.63, 3.8) is 0 Å². The van der Waals surface area contributed by atoms with Gasteiger partial charge in [-0.05, 0) is 35.4 Å². The Hall–Kier alpha value is -2.07. The first-order valence-corrected chi connectivity index (χ1v) is 8.75. The van der Waals surface area contributed by atoms with Crippen molar-refractivity contribution in [3.05, 3.63) is 109 Å². The van der Waals surface area contributed by atoms with Crippen LogP contribution in [0.4, 0.5) is 4.39 Å². The Kier molecular flexibility index (Phi) is 8.51. The molecular formula is C25H21FO2Y-2. The van der Waals surface area contributed by atoms with Gasteiger partial charge in [0, 0.05) is 43.8 Å². The topological polar surface area (TPSA) is 18.5 Å². The van der Waals surface area contributed by atoms with E-state index in [0.29, 0.717) is 11.3 Å². The van der Waals surface area contributed by atoms with E-state index in [1.807, 2.05) is 67.6 Å². The summed E-state index contributed by atoms with van der Waals surface area (Å²) in [5, 5.41) is 2.25. The van der Waals surface area contributed by atoms with E-state index in [-0.39, 0.29) is 52.6 Å². The zero-order valence-corrected chi connectivity index (χ0v) is 19.3. The molecular weight excluding hydrogens is 440 g/mol. The minimum absolute atomic E-state index is 0. The third-order valence-corrected chi connectivity index (χ3v) is 4.62. The van der Waals surface area contributed by atoms with Crippen molar-refractivity contribution in [1.82, 2.24) is 0 Å². The minimum atomic E-state index is -0.320. The maximum Gasteiger partial charge on any atom is 0.168 e. The molecule has 0 atom stereocenters. The van der Waals surface area contributed by atoms with E-state index in [9.17, 15) is 4.39 Å². The predicted molar refractivity (Wildman–Crippen MR) is 111 cm³/mol. The molecule has 4 aromatic carbocycles. The van der Waals surface area contributed by atoms with Crippen LogP contribution in [0.15, 0.2) is 78.9 Å². The molecule has 0 heterocycles. The second-order valence-electron chi connectivity index (χ2n) is 6.35. The maximum atomic E-state index is 14.4. The first-order valence-electron chi connectivity index (χ1n) is 8.75. The molecule has 0 bridgehead atoms. The Labute approximate surface area is 196 Å². The summed E-state index contributed by atoms with van der Waals surface area (Å²) in [6.45, 7) is 2.01. The molecule has 0 aliphatic carbocycles. The summed E-state index contributed by atoms with van der Waals surface area (Å²) in [6.07, 6.45) is 0. The normalized spacial score (nSPS) is 10.1. The van der Waals surface area contributed by atoms with Gasteiger partial charge in [0.1, 0.15) is 12.4 Å². The van der Waals surface area contributed by atoms with Crippen LogP contribution in [0.1, 0.15) is 11.1 Å². The average Bonchev–Trinajstić information content (AvgIpc) is 2.71. The van der Waals surface area contributed by atoms with Crippen LogP contribution in [0.25, 0.3) is 21.9 Å². The molecule has 145 valence electrons. The van der Waals surface area contributed by atoms with Crippen molar-refractivity contribution < 1.29 is 46.9 Å². The maximum absolute atomic E-state index is 14.4. The number of rotatable bonds is 5. The summed E-state index contributed by atoms with van der Waals surface area (Å²) >= 11 is 0. The zero-order chi connectivity index (χ0) is 18.6. The fourth-order valence-electron chi connectivity index (χ4n) is 3.08. The molecule has 0 fully saturated rings. The van der Waals surface area contributed by atoms with Crippen molar-refractivity contribution in [1.29, 1.82) is 0 Å². The number of benzene rings is 4. The molecule has 4 aromatic rings. The first-order chi connectivity index (χ1) is 13.2. The minimum Gasteiger partial charge on any atom is -0.358 e. The smallest absolute Gasteiger partial charge is 0.168 e. The van der Waals surface area contributed by atoms with Crippen LogP contribution >= 0.6 is 0 Å². The number of hydrogen-bond donors (Lipinski definition) is 0. The van der Waals surface area contributed by atoms with E-state index in [1.165, 1.54) is 6.07 Å². The number of fused-ring (bicyclic) bond motifs is 1. The Bertz CT molecular complexity index is 1080. The van der Waals surface area contributed by atoms with Crippen molar-refractivity contribution >= 4 is 10.8 Å². The van der Waals surface area contributed by atoms with E-state index in [1.54, 1.807) is 6.07 Å². The fourth-order valence-corrected chi connectivity index (χ4v) is 3.08. The molecule has 0 amide bonds. The number of hydrogen-bond acceptors (Lipinski definition) is 2. The molecule has 0 saturated carbocycles. The Balaban J connectivity index is 0.00000150.